The number of aromatic nitrogens is 2. The maximum atomic E-state index is 14.1. The van der Waals surface area contributed by atoms with Crippen molar-refractivity contribution in [2.24, 2.45) is 5.92 Å². The van der Waals surface area contributed by atoms with Crippen molar-refractivity contribution in [1.29, 1.82) is 0 Å². The van der Waals surface area contributed by atoms with Crippen molar-refractivity contribution in [2.75, 3.05) is 12.4 Å². The van der Waals surface area contributed by atoms with Crippen molar-refractivity contribution >= 4 is 23.3 Å². The monoisotopic (exact) mass is 424 g/mol. The molecule has 2 heterocycles. The standard InChI is InChI=1S/C19H16ClF3N4O2/c1-29-13-8-24-27(10-13)9-12-6-16-14(7-15(12)20)18(19(21,22)23,26-17(28)25-16)5-4-11-2-3-11/h6-8,10-11H,2-3,9H2,1H3,(H2,25,26,28)/t18-/m0/s1. The molecule has 2 N–H and O–H groups in total. The smallest absolute Gasteiger partial charge is 0.427 e. The lowest BCUT2D eigenvalue weighted by molar-refractivity contribution is -0.178. The summed E-state index contributed by atoms with van der Waals surface area (Å²) in [5.41, 5.74) is -2.55. The molecule has 1 atom stereocenters. The number of ether oxygens (including phenoxy) is 1. The van der Waals surface area contributed by atoms with Gasteiger partial charge in [0.05, 0.1) is 26.0 Å². The lowest BCUT2D eigenvalue weighted by Gasteiger charge is -2.37. The first-order valence-electron chi connectivity index (χ1n) is 8.80. The Hall–Kier alpha value is -2.86. The summed E-state index contributed by atoms with van der Waals surface area (Å²) in [6, 6.07) is 1.65. The first-order chi connectivity index (χ1) is 13.7. The molecule has 29 heavy (non-hydrogen) atoms. The van der Waals surface area contributed by atoms with Crippen molar-refractivity contribution < 1.29 is 22.7 Å². The van der Waals surface area contributed by atoms with Gasteiger partial charge in [-0.1, -0.05) is 23.4 Å². The summed E-state index contributed by atoms with van der Waals surface area (Å²) in [4.78, 5) is 12.1. The third-order valence-corrected chi connectivity index (χ3v) is 5.14. The molecule has 1 aliphatic heterocycles. The molecular formula is C19H16ClF3N4O2. The zero-order valence-corrected chi connectivity index (χ0v) is 16.0. The zero-order chi connectivity index (χ0) is 20.8. The summed E-state index contributed by atoms with van der Waals surface area (Å²) >= 11 is 6.31. The van der Waals surface area contributed by atoms with Crippen molar-refractivity contribution in [3.63, 3.8) is 0 Å². The molecule has 0 spiro atoms. The molecule has 1 aliphatic carbocycles. The number of nitrogens with one attached hydrogen (secondary N) is 2. The van der Waals surface area contributed by atoms with E-state index in [0.29, 0.717) is 11.3 Å². The number of methoxy groups -OCH3 is 1. The van der Waals surface area contributed by atoms with Gasteiger partial charge in [-0.3, -0.25) is 4.68 Å². The van der Waals surface area contributed by atoms with Crippen LogP contribution in [0.15, 0.2) is 24.5 Å². The number of urea groups is 1. The number of alkyl halides is 3. The summed E-state index contributed by atoms with van der Waals surface area (Å²) in [6.45, 7) is 0.186. The minimum Gasteiger partial charge on any atom is -0.493 e. The highest BCUT2D eigenvalue weighted by Gasteiger charge is 2.59. The summed E-state index contributed by atoms with van der Waals surface area (Å²) in [6.07, 6.45) is -0.196. The van der Waals surface area contributed by atoms with E-state index in [9.17, 15) is 18.0 Å². The molecule has 1 aromatic carbocycles. The number of benzene rings is 1. The summed E-state index contributed by atoms with van der Waals surface area (Å²) in [7, 11) is 1.50. The number of nitrogens with zero attached hydrogens (tertiary/aromatic N) is 2. The Kier molecular flexibility index (Phi) is 4.62. The van der Waals surface area contributed by atoms with Gasteiger partial charge in [-0.15, -0.1) is 0 Å². The largest absolute Gasteiger partial charge is 0.493 e. The van der Waals surface area contributed by atoms with Crippen LogP contribution in [0.5, 0.6) is 5.75 Å². The van der Waals surface area contributed by atoms with E-state index in [1.807, 2.05) is 5.32 Å². The Morgan fingerprint density at radius 3 is 2.79 bits per heavy atom. The van der Waals surface area contributed by atoms with Crippen molar-refractivity contribution in [1.82, 2.24) is 15.1 Å². The summed E-state index contributed by atoms with van der Waals surface area (Å²) < 4.78 is 49.0. The first-order valence-corrected chi connectivity index (χ1v) is 9.17. The van der Waals surface area contributed by atoms with Crippen LogP contribution in [0.25, 0.3) is 0 Å². The molecule has 0 bridgehead atoms. The molecule has 6 nitrogen and oxygen atoms in total. The normalized spacial score (nSPS) is 20.8. The van der Waals surface area contributed by atoms with Crippen LogP contribution in [0, 0.1) is 17.8 Å². The van der Waals surface area contributed by atoms with E-state index in [0.717, 1.165) is 12.8 Å². The highest BCUT2D eigenvalue weighted by Crippen LogP contribution is 2.46. The number of amides is 2. The molecular weight excluding hydrogens is 409 g/mol. The van der Waals surface area contributed by atoms with Crippen molar-refractivity contribution in [3.05, 3.63) is 40.7 Å². The zero-order valence-electron chi connectivity index (χ0n) is 15.2. The lowest BCUT2D eigenvalue weighted by atomic mass is 9.85. The molecule has 2 amide bonds. The first kappa shape index (κ1) is 19.5. The predicted molar refractivity (Wildman–Crippen MR) is 99.7 cm³/mol. The van der Waals surface area contributed by atoms with Gasteiger partial charge in [0.25, 0.3) is 0 Å². The molecule has 0 saturated heterocycles. The molecule has 1 aromatic heterocycles. The summed E-state index contributed by atoms with van der Waals surface area (Å²) in [5.74, 6) is 5.38. The molecule has 1 saturated carbocycles. The maximum Gasteiger partial charge on any atom is 0.427 e. The van der Waals surface area contributed by atoms with Gasteiger partial charge in [-0.2, -0.15) is 18.3 Å². The second-order valence-corrected chi connectivity index (χ2v) is 7.34. The number of carbonyl (C=O) groups excluding carboxylic acids is 1. The number of anilines is 1. The number of rotatable bonds is 3. The van der Waals surface area contributed by atoms with Crippen LogP contribution in [0.1, 0.15) is 24.0 Å². The van der Waals surface area contributed by atoms with Crippen LogP contribution >= 0.6 is 11.6 Å². The predicted octanol–water partition coefficient (Wildman–Crippen LogP) is 3.90. The quantitative estimate of drug-likeness (QED) is 0.734. The Bertz CT molecular complexity index is 1040. The van der Waals surface area contributed by atoms with E-state index in [1.165, 1.54) is 30.1 Å². The van der Waals surface area contributed by atoms with Gasteiger partial charge in [0.15, 0.2) is 5.75 Å². The average molecular weight is 425 g/mol. The highest BCUT2D eigenvalue weighted by atomic mass is 35.5. The van der Waals surface area contributed by atoms with E-state index in [1.54, 1.807) is 6.20 Å². The second-order valence-electron chi connectivity index (χ2n) is 6.94. The Morgan fingerprint density at radius 1 is 1.41 bits per heavy atom. The van der Waals surface area contributed by atoms with E-state index in [4.69, 9.17) is 16.3 Å². The van der Waals surface area contributed by atoms with Crippen LogP contribution in [0.4, 0.5) is 23.7 Å². The number of fused-ring (bicyclic) bond motifs is 1. The Labute approximate surface area is 169 Å². The Morgan fingerprint density at radius 2 is 2.17 bits per heavy atom. The number of carbonyl (C=O) groups is 1. The van der Waals surface area contributed by atoms with Crippen molar-refractivity contribution in [2.45, 2.75) is 31.1 Å². The number of hydrogen-bond donors (Lipinski definition) is 2. The topological polar surface area (TPSA) is 68.2 Å². The molecule has 2 aromatic rings. The number of hydrogen-bond acceptors (Lipinski definition) is 3. The molecule has 10 heteroatoms. The van der Waals surface area contributed by atoms with E-state index in [-0.39, 0.29) is 28.7 Å². The maximum absolute atomic E-state index is 14.1. The molecule has 4 rings (SSSR count). The number of halogens is 4. The fourth-order valence-corrected chi connectivity index (χ4v) is 3.31. The SMILES string of the molecule is COc1cnn(Cc2cc3c(cc2Cl)[C@@](C#CC2CC2)(C(F)(F)F)NC(=O)N3)c1. The van der Waals surface area contributed by atoms with Crippen LogP contribution in [-0.2, 0) is 12.1 Å². The van der Waals surface area contributed by atoms with E-state index >= 15 is 0 Å². The van der Waals surface area contributed by atoms with Crippen LogP contribution in [0.2, 0.25) is 5.02 Å². The third kappa shape index (κ3) is 3.60. The highest BCUT2D eigenvalue weighted by molar-refractivity contribution is 6.31. The molecule has 0 radical (unpaired) electrons. The summed E-state index contributed by atoms with van der Waals surface area (Å²) in [5, 5.41) is 8.62. The van der Waals surface area contributed by atoms with Gasteiger partial charge < -0.3 is 15.4 Å². The Balaban J connectivity index is 1.79. The molecule has 152 valence electrons. The van der Waals surface area contributed by atoms with Gasteiger partial charge in [0.1, 0.15) is 0 Å². The lowest BCUT2D eigenvalue weighted by Crippen LogP contribution is -2.59. The molecule has 1 fully saturated rings. The second kappa shape index (κ2) is 6.88. The minimum atomic E-state index is -4.83. The molecule has 0 unspecified atom stereocenters. The fourth-order valence-electron chi connectivity index (χ4n) is 3.09. The van der Waals surface area contributed by atoms with Crippen LogP contribution in [-0.4, -0.2) is 29.1 Å². The van der Waals surface area contributed by atoms with Gasteiger partial charge in [0.2, 0.25) is 5.54 Å². The van der Waals surface area contributed by atoms with E-state index in [2.05, 4.69) is 22.3 Å². The van der Waals surface area contributed by atoms with Crippen LogP contribution < -0.4 is 15.4 Å². The van der Waals surface area contributed by atoms with Gasteiger partial charge in [0, 0.05) is 22.2 Å². The van der Waals surface area contributed by atoms with Gasteiger partial charge in [-0.05, 0) is 30.5 Å². The van der Waals surface area contributed by atoms with Gasteiger partial charge >= 0.3 is 12.2 Å². The average Bonchev–Trinajstić information content (AvgIpc) is 3.37. The van der Waals surface area contributed by atoms with E-state index < -0.39 is 17.7 Å². The molecule has 2 aliphatic rings. The third-order valence-electron chi connectivity index (χ3n) is 4.78. The van der Waals surface area contributed by atoms with Crippen LogP contribution in [0.3, 0.4) is 0 Å². The van der Waals surface area contributed by atoms with Crippen molar-refractivity contribution in [3.8, 4) is 17.6 Å². The minimum absolute atomic E-state index is 0.00898. The fraction of sp³-hybridized carbons (Fsp3) is 0.368. The van der Waals surface area contributed by atoms with Gasteiger partial charge in [-0.25, -0.2) is 4.79 Å².